The maximum atomic E-state index is 9.10. The van der Waals surface area contributed by atoms with Gasteiger partial charge in [0.2, 0.25) is 0 Å². The van der Waals surface area contributed by atoms with Crippen LogP contribution in [0.3, 0.4) is 0 Å². The van der Waals surface area contributed by atoms with E-state index in [1.54, 1.807) is 26.0 Å². The molecule has 0 aromatic heterocycles. The Hall–Kier alpha value is -1.61. The van der Waals surface area contributed by atoms with Gasteiger partial charge in [0, 0.05) is 32.2 Å². The van der Waals surface area contributed by atoms with Crippen molar-refractivity contribution >= 4 is 23.7 Å². The second-order valence-electron chi connectivity index (χ2n) is 3.99. The maximum absolute atomic E-state index is 9.10. The first kappa shape index (κ1) is 20.4. The summed E-state index contributed by atoms with van der Waals surface area (Å²) in [7, 11) is 3.28. The molecule has 0 saturated heterocycles. The van der Waals surface area contributed by atoms with Gasteiger partial charge in [-0.3, -0.25) is 0 Å². The summed E-state index contributed by atoms with van der Waals surface area (Å²) in [5.41, 5.74) is 1.27. The highest BCUT2D eigenvalue weighted by Crippen LogP contribution is 2.14. The van der Waals surface area contributed by atoms with E-state index in [0.717, 1.165) is 6.54 Å². The molecule has 0 radical (unpaired) electrons. The van der Waals surface area contributed by atoms with Crippen molar-refractivity contribution in [3.8, 4) is 0 Å². The van der Waals surface area contributed by atoms with Gasteiger partial charge in [-0.1, -0.05) is 12.1 Å². The zero-order chi connectivity index (χ0) is 17.0. The summed E-state index contributed by atoms with van der Waals surface area (Å²) < 4.78 is 10.2. The molecule has 0 unspecified atom stereocenters. The lowest BCUT2D eigenvalue weighted by atomic mass is 10.2. The average Bonchev–Trinajstić information content (AvgIpc) is 2.52. The molecule has 0 saturated carbocycles. The van der Waals surface area contributed by atoms with Gasteiger partial charge < -0.3 is 25.0 Å². The summed E-state index contributed by atoms with van der Waals surface area (Å²) in [5, 5.41) is 18.1. The zero-order valence-corrected chi connectivity index (χ0v) is 13.6. The lowest BCUT2D eigenvalue weighted by Gasteiger charge is -2.14. The van der Waals surface area contributed by atoms with Crippen LogP contribution in [0.1, 0.15) is 5.56 Å². The molecule has 0 amide bonds. The highest BCUT2D eigenvalue weighted by atomic mass is 32.2. The molecule has 22 heavy (non-hydrogen) atoms. The minimum atomic E-state index is -1.82. The Labute approximate surface area is 133 Å². The molecular formula is C14H21NO6S. The molecule has 0 atom stereocenters. The number of methoxy groups -OCH3 is 2. The molecule has 0 bridgehead atoms. The molecule has 0 aliphatic rings. The first-order valence-corrected chi connectivity index (χ1v) is 7.52. The molecule has 7 nitrogen and oxygen atoms in total. The van der Waals surface area contributed by atoms with E-state index in [4.69, 9.17) is 29.3 Å². The van der Waals surface area contributed by atoms with Crippen LogP contribution in [-0.2, 0) is 25.6 Å². The minimum Gasteiger partial charge on any atom is -0.473 e. The van der Waals surface area contributed by atoms with Crippen LogP contribution in [-0.4, -0.2) is 55.5 Å². The summed E-state index contributed by atoms with van der Waals surface area (Å²) in [6.07, 6.45) is 1.90. The van der Waals surface area contributed by atoms with E-state index >= 15 is 0 Å². The van der Waals surface area contributed by atoms with Crippen LogP contribution in [0.4, 0.5) is 0 Å². The molecular weight excluding hydrogens is 310 g/mol. The number of hydrogen-bond acceptors (Lipinski definition) is 6. The van der Waals surface area contributed by atoms with Crippen LogP contribution in [0.2, 0.25) is 0 Å². The lowest BCUT2D eigenvalue weighted by molar-refractivity contribution is -0.159. The topological polar surface area (TPSA) is 105 Å². The third kappa shape index (κ3) is 9.35. The number of hydrogen-bond donors (Lipinski definition) is 3. The first-order chi connectivity index (χ1) is 10.4. The van der Waals surface area contributed by atoms with Crippen molar-refractivity contribution in [3.63, 3.8) is 0 Å². The quantitative estimate of drug-likeness (QED) is 0.390. The number of thioether (sulfide) groups is 1. The SMILES string of the molecule is COC(CNCc1ccc(SC)cc1)OC.O=C(O)C(=O)O. The molecule has 8 heteroatoms. The van der Waals surface area contributed by atoms with Crippen molar-refractivity contribution in [1.29, 1.82) is 0 Å². The van der Waals surface area contributed by atoms with Gasteiger partial charge in [-0.15, -0.1) is 11.8 Å². The number of carboxylic acids is 2. The van der Waals surface area contributed by atoms with Gasteiger partial charge in [-0.2, -0.15) is 0 Å². The standard InChI is InChI=1S/C12H19NO2S.C2H2O4/c1-14-12(15-2)9-13-8-10-4-6-11(16-3)7-5-10;3-1(4)2(5)6/h4-7,12-13H,8-9H2,1-3H3;(H,3,4)(H,5,6). The van der Waals surface area contributed by atoms with Gasteiger partial charge in [0.05, 0.1) is 0 Å². The van der Waals surface area contributed by atoms with Crippen LogP contribution in [0.15, 0.2) is 29.2 Å². The molecule has 0 aliphatic heterocycles. The Kier molecular flexibility index (Phi) is 11.1. The molecule has 0 aliphatic carbocycles. The number of nitrogens with one attached hydrogen (secondary N) is 1. The second-order valence-corrected chi connectivity index (χ2v) is 4.87. The molecule has 0 heterocycles. The van der Waals surface area contributed by atoms with Gasteiger partial charge in [0.25, 0.3) is 0 Å². The highest BCUT2D eigenvalue weighted by molar-refractivity contribution is 7.98. The largest absolute Gasteiger partial charge is 0.473 e. The van der Waals surface area contributed by atoms with Crippen LogP contribution >= 0.6 is 11.8 Å². The van der Waals surface area contributed by atoms with E-state index < -0.39 is 11.9 Å². The van der Waals surface area contributed by atoms with Crippen LogP contribution < -0.4 is 5.32 Å². The fraction of sp³-hybridized carbons (Fsp3) is 0.429. The van der Waals surface area contributed by atoms with E-state index in [2.05, 4.69) is 35.8 Å². The highest BCUT2D eigenvalue weighted by Gasteiger charge is 2.04. The lowest BCUT2D eigenvalue weighted by Crippen LogP contribution is -2.29. The fourth-order valence-corrected chi connectivity index (χ4v) is 1.75. The molecule has 1 rings (SSSR count). The fourth-order valence-electron chi connectivity index (χ4n) is 1.34. The monoisotopic (exact) mass is 331 g/mol. The van der Waals surface area contributed by atoms with Crippen molar-refractivity contribution in [3.05, 3.63) is 29.8 Å². The van der Waals surface area contributed by atoms with Gasteiger partial charge in [-0.05, 0) is 24.0 Å². The molecule has 3 N–H and O–H groups in total. The molecule has 0 fully saturated rings. The number of ether oxygens (including phenoxy) is 2. The van der Waals surface area contributed by atoms with E-state index in [9.17, 15) is 0 Å². The predicted molar refractivity (Wildman–Crippen MR) is 83.0 cm³/mol. The summed E-state index contributed by atoms with van der Waals surface area (Å²) in [6, 6.07) is 8.53. The average molecular weight is 331 g/mol. The normalized spacial score (nSPS) is 10.0. The molecule has 124 valence electrons. The number of rotatable bonds is 7. The van der Waals surface area contributed by atoms with Crippen molar-refractivity contribution < 1.29 is 29.3 Å². The number of carboxylic acid groups (broad SMARTS) is 2. The third-order valence-corrected chi connectivity index (χ3v) is 3.25. The van der Waals surface area contributed by atoms with Crippen LogP contribution in [0.25, 0.3) is 0 Å². The Balaban J connectivity index is 0.000000626. The molecule has 1 aromatic rings. The van der Waals surface area contributed by atoms with E-state index in [0.29, 0.717) is 6.54 Å². The van der Waals surface area contributed by atoms with E-state index in [1.807, 2.05) is 0 Å². The Morgan fingerprint density at radius 2 is 1.64 bits per heavy atom. The zero-order valence-electron chi connectivity index (χ0n) is 12.7. The predicted octanol–water partition coefficient (Wildman–Crippen LogP) is 1.27. The van der Waals surface area contributed by atoms with Gasteiger partial charge in [0.1, 0.15) is 0 Å². The smallest absolute Gasteiger partial charge is 0.414 e. The number of carbonyl (C=O) groups is 2. The molecule has 0 spiro atoms. The summed E-state index contributed by atoms with van der Waals surface area (Å²) >= 11 is 1.75. The van der Waals surface area contributed by atoms with Gasteiger partial charge in [0.15, 0.2) is 6.29 Å². The van der Waals surface area contributed by atoms with Crippen LogP contribution in [0, 0.1) is 0 Å². The van der Waals surface area contributed by atoms with E-state index in [-0.39, 0.29) is 6.29 Å². The van der Waals surface area contributed by atoms with Crippen molar-refractivity contribution in [2.45, 2.75) is 17.7 Å². The minimum absolute atomic E-state index is 0.175. The second kappa shape index (κ2) is 12.0. The Morgan fingerprint density at radius 1 is 1.14 bits per heavy atom. The van der Waals surface area contributed by atoms with Gasteiger partial charge in [-0.25, -0.2) is 9.59 Å². The number of aliphatic carboxylic acids is 2. The van der Waals surface area contributed by atoms with Crippen LogP contribution in [0.5, 0.6) is 0 Å². The van der Waals surface area contributed by atoms with Crippen molar-refractivity contribution in [1.82, 2.24) is 5.32 Å². The van der Waals surface area contributed by atoms with Gasteiger partial charge >= 0.3 is 11.9 Å². The maximum Gasteiger partial charge on any atom is 0.414 e. The first-order valence-electron chi connectivity index (χ1n) is 6.30. The van der Waals surface area contributed by atoms with Crippen molar-refractivity contribution in [2.24, 2.45) is 0 Å². The molecule has 1 aromatic carbocycles. The summed E-state index contributed by atoms with van der Waals surface area (Å²) in [6.45, 7) is 1.52. The Morgan fingerprint density at radius 3 is 2.00 bits per heavy atom. The van der Waals surface area contributed by atoms with E-state index in [1.165, 1.54) is 10.5 Å². The third-order valence-electron chi connectivity index (χ3n) is 2.51. The summed E-state index contributed by atoms with van der Waals surface area (Å²) in [5.74, 6) is -3.65. The Bertz CT molecular complexity index is 435. The van der Waals surface area contributed by atoms with Crippen molar-refractivity contribution in [2.75, 3.05) is 27.0 Å². The number of benzene rings is 1. The summed E-state index contributed by atoms with van der Waals surface area (Å²) in [4.78, 5) is 19.5.